The van der Waals surface area contributed by atoms with Crippen LogP contribution in [0, 0.1) is 0 Å². The Morgan fingerprint density at radius 1 is 1.11 bits per heavy atom. The van der Waals surface area contributed by atoms with Gasteiger partial charge in [-0.3, -0.25) is 14.4 Å². The second-order valence-corrected chi connectivity index (χ2v) is 3.83. The lowest BCUT2D eigenvalue weighted by atomic mass is 10.3. The number of nitrogens with two attached hydrogens (primary N) is 1. The van der Waals surface area contributed by atoms with Crippen molar-refractivity contribution in [3.8, 4) is 0 Å². The molecule has 1 heterocycles. The minimum Gasteiger partial charge on any atom is -0.366 e. The number of amides is 3. The van der Waals surface area contributed by atoms with E-state index in [4.69, 9.17) is 5.73 Å². The van der Waals surface area contributed by atoms with E-state index in [1.807, 2.05) is 6.07 Å². The van der Waals surface area contributed by atoms with E-state index in [2.05, 4.69) is 6.58 Å². The Morgan fingerprint density at radius 2 is 1.53 bits per heavy atom. The van der Waals surface area contributed by atoms with Crippen molar-refractivity contribution in [1.29, 1.82) is 0 Å². The number of rotatable bonds is 2. The van der Waals surface area contributed by atoms with Gasteiger partial charge in [0.15, 0.2) is 0 Å². The molecule has 19 heavy (non-hydrogen) atoms. The van der Waals surface area contributed by atoms with Gasteiger partial charge in [-0.15, -0.1) is 0 Å². The molecule has 0 fully saturated rings. The predicted octanol–water partition coefficient (Wildman–Crippen LogP) is 1.16. The van der Waals surface area contributed by atoms with E-state index in [1.165, 1.54) is 12.2 Å². The van der Waals surface area contributed by atoms with E-state index < -0.39 is 5.91 Å². The van der Waals surface area contributed by atoms with Crippen LogP contribution in [0.25, 0.3) is 0 Å². The Labute approximate surface area is 111 Å². The summed E-state index contributed by atoms with van der Waals surface area (Å²) in [6, 6.07) is 8.86. The molecular weight excluding hydrogens is 244 g/mol. The zero-order valence-electron chi connectivity index (χ0n) is 10.5. The number of hydrogen-bond acceptors (Lipinski definition) is 3. The number of primary amides is 1. The maximum atomic E-state index is 11.2. The molecule has 0 aliphatic carbocycles. The molecular formula is C14H14N2O3. The quantitative estimate of drug-likeness (QED) is 0.638. The van der Waals surface area contributed by atoms with Gasteiger partial charge in [-0.2, -0.15) is 0 Å². The fourth-order valence-electron chi connectivity index (χ4n) is 1.23. The molecule has 5 heteroatoms. The Balaban J connectivity index is 0.000000258. The van der Waals surface area contributed by atoms with Crippen LogP contribution in [0.2, 0.25) is 0 Å². The summed E-state index contributed by atoms with van der Waals surface area (Å²) in [5, 5.41) is 0. The molecule has 2 rings (SSSR count). The summed E-state index contributed by atoms with van der Waals surface area (Å²) in [6.45, 7) is 4.85. The minimum atomic E-state index is -0.435. The molecule has 5 nitrogen and oxygen atoms in total. The van der Waals surface area contributed by atoms with E-state index in [9.17, 15) is 14.4 Å². The summed E-state index contributed by atoms with van der Waals surface area (Å²) < 4.78 is 0. The summed E-state index contributed by atoms with van der Waals surface area (Å²) in [6.07, 6.45) is 2.55. The number of anilines is 1. The molecule has 0 saturated carbocycles. The zero-order chi connectivity index (χ0) is 14.4. The van der Waals surface area contributed by atoms with E-state index in [1.54, 1.807) is 31.2 Å². The Kier molecular flexibility index (Phi) is 4.76. The van der Waals surface area contributed by atoms with Gasteiger partial charge in [0.1, 0.15) is 0 Å². The van der Waals surface area contributed by atoms with Gasteiger partial charge in [0, 0.05) is 17.7 Å². The average molecular weight is 258 g/mol. The first-order valence-corrected chi connectivity index (χ1v) is 5.50. The van der Waals surface area contributed by atoms with Crippen LogP contribution in [0.5, 0.6) is 0 Å². The molecule has 1 aliphatic heterocycles. The predicted molar refractivity (Wildman–Crippen MR) is 72.1 cm³/mol. The second-order valence-electron chi connectivity index (χ2n) is 3.83. The highest BCUT2D eigenvalue weighted by molar-refractivity contribution is 6.28. The summed E-state index contributed by atoms with van der Waals surface area (Å²) >= 11 is 0. The topological polar surface area (TPSA) is 80.5 Å². The van der Waals surface area contributed by atoms with Crippen LogP contribution in [-0.2, 0) is 14.4 Å². The molecule has 2 N–H and O–H groups in total. The zero-order valence-corrected chi connectivity index (χ0v) is 10.5. The maximum absolute atomic E-state index is 11.2. The first-order chi connectivity index (χ1) is 8.93. The molecule has 0 radical (unpaired) electrons. The number of nitrogens with zero attached hydrogens (tertiary/aromatic N) is 1. The van der Waals surface area contributed by atoms with Crippen molar-refractivity contribution in [2.75, 3.05) is 4.90 Å². The second kappa shape index (κ2) is 6.30. The van der Waals surface area contributed by atoms with Crippen molar-refractivity contribution in [2.24, 2.45) is 5.73 Å². The van der Waals surface area contributed by atoms with E-state index in [0.29, 0.717) is 11.3 Å². The summed E-state index contributed by atoms with van der Waals surface area (Å²) in [7, 11) is 0. The number of carbonyl (C=O) groups excluding carboxylic acids is 3. The van der Waals surface area contributed by atoms with E-state index >= 15 is 0 Å². The Bertz CT molecular complexity index is 517. The van der Waals surface area contributed by atoms with Crippen LogP contribution in [-0.4, -0.2) is 17.7 Å². The third-order valence-corrected chi connectivity index (χ3v) is 2.24. The van der Waals surface area contributed by atoms with Crippen molar-refractivity contribution in [3.63, 3.8) is 0 Å². The minimum absolute atomic E-state index is 0.281. The maximum Gasteiger partial charge on any atom is 0.258 e. The molecule has 1 aromatic rings. The van der Waals surface area contributed by atoms with Gasteiger partial charge in [-0.25, -0.2) is 4.90 Å². The highest BCUT2D eigenvalue weighted by Gasteiger charge is 2.24. The molecule has 1 aliphatic rings. The normalized spacial score (nSPS) is 13.0. The van der Waals surface area contributed by atoms with Gasteiger partial charge in [0.05, 0.1) is 5.69 Å². The number of hydrogen-bond donors (Lipinski definition) is 1. The molecule has 98 valence electrons. The summed E-state index contributed by atoms with van der Waals surface area (Å²) in [5.41, 5.74) is 5.71. The Morgan fingerprint density at radius 3 is 1.89 bits per heavy atom. The smallest absolute Gasteiger partial charge is 0.258 e. The molecule has 0 bridgehead atoms. The SMILES string of the molecule is C=C(C)C(N)=O.O=C1C=CC(=O)N1c1ccccc1. The lowest BCUT2D eigenvalue weighted by Gasteiger charge is -2.12. The Hall–Kier alpha value is -2.69. The number of imide groups is 1. The van der Waals surface area contributed by atoms with Crippen LogP contribution in [0.3, 0.4) is 0 Å². The molecule has 1 aromatic carbocycles. The van der Waals surface area contributed by atoms with Crippen LogP contribution in [0.4, 0.5) is 5.69 Å². The lowest BCUT2D eigenvalue weighted by molar-refractivity contribution is -0.120. The number of carbonyl (C=O) groups is 3. The van der Waals surface area contributed by atoms with Crippen LogP contribution in [0.1, 0.15) is 6.92 Å². The van der Waals surface area contributed by atoms with Gasteiger partial charge in [-0.1, -0.05) is 24.8 Å². The standard InChI is InChI=1S/C10H7NO2.C4H7NO/c12-9-6-7-10(13)11(9)8-4-2-1-3-5-8;1-3(2)4(5)6/h1-7H;1H2,2H3,(H2,5,6). The van der Waals surface area contributed by atoms with Crippen molar-refractivity contribution < 1.29 is 14.4 Å². The van der Waals surface area contributed by atoms with Crippen molar-refractivity contribution in [1.82, 2.24) is 0 Å². The summed E-state index contributed by atoms with van der Waals surface area (Å²) in [4.78, 5) is 33.4. The lowest BCUT2D eigenvalue weighted by Crippen LogP contribution is -2.29. The van der Waals surface area contributed by atoms with E-state index in [0.717, 1.165) is 4.90 Å². The first kappa shape index (κ1) is 14.4. The molecule has 0 saturated heterocycles. The average Bonchev–Trinajstić information content (AvgIpc) is 2.71. The highest BCUT2D eigenvalue weighted by atomic mass is 16.2. The van der Waals surface area contributed by atoms with E-state index in [-0.39, 0.29) is 11.8 Å². The largest absolute Gasteiger partial charge is 0.366 e. The van der Waals surface area contributed by atoms with Crippen molar-refractivity contribution >= 4 is 23.4 Å². The van der Waals surface area contributed by atoms with Crippen LogP contribution >= 0.6 is 0 Å². The third-order valence-electron chi connectivity index (χ3n) is 2.24. The summed E-state index contributed by atoms with van der Waals surface area (Å²) in [5.74, 6) is -0.998. The third kappa shape index (κ3) is 3.92. The first-order valence-electron chi connectivity index (χ1n) is 5.50. The van der Waals surface area contributed by atoms with Crippen molar-refractivity contribution in [2.45, 2.75) is 6.92 Å². The van der Waals surface area contributed by atoms with Gasteiger partial charge in [0.2, 0.25) is 5.91 Å². The molecule has 0 aromatic heterocycles. The number of para-hydroxylation sites is 1. The number of benzene rings is 1. The van der Waals surface area contributed by atoms with Gasteiger partial charge >= 0.3 is 0 Å². The highest BCUT2D eigenvalue weighted by Crippen LogP contribution is 2.17. The fourth-order valence-corrected chi connectivity index (χ4v) is 1.23. The molecule has 0 atom stereocenters. The van der Waals surface area contributed by atoms with Crippen molar-refractivity contribution in [3.05, 3.63) is 54.6 Å². The molecule has 0 unspecified atom stereocenters. The van der Waals surface area contributed by atoms with Crippen LogP contribution < -0.4 is 10.6 Å². The van der Waals surface area contributed by atoms with Gasteiger partial charge < -0.3 is 5.73 Å². The molecule has 3 amide bonds. The molecule has 0 spiro atoms. The monoisotopic (exact) mass is 258 g/mol. The van der Waals surface area contributed by atoms with Gasteiger partial charge in [-0.05, 0) is 19.1 Å². The van der Waals surface area contributed by atoms with Gasteiger partial charge in [0.25, 0.3) is 11.8 Å². The fraction of sp³-hybridized carbons (Fsp3) is 0.0714. The van der Waals surface area contributed by atoms with Crippen LogP contribution in [0.15, 0.2) is 54.6 Å².